The van der Waals surface area contributed by atoms with E-state index in [1.165, 1.54) is 19.4 Å². The van der Waals surface area contributed by atoms with E-state index in [2.05, 4.69) is 43.2 Å². The van der Waals surface area contributed by atoms with E-state index >= 15 is 0 Å². The SMILES string of the molecule is CC(Cc1nc(CC(C)(C)C)no1)C1CCCNC1. The average molecular weight is 265 g/mol. The average Bonchev–Trinajstić information content (AvgIpc) is 2.75. The molecule has 1 aliphatic heterocycles. The number of hydrogen-bond donors (Lipinski definition) is 1. The highest BCUT2D eigenvalue weighted by Gasteiger charge is 2.23. The fourth-order valence-electron chi connectivity index (χ4n) is 2.73. The summed E-state index contributed by atoms with van der Waals surface area (Å²) in [6, 6.07) is 0. The minimum absolute atomic E-state index is 0.208. The maximum absolute atomic E-state index is 5.39. The number of aromatic nitrogens is 2. The molecule has 1 aromatic heterocycles. The molecule has 0 amide bonds. The Balaban J connectivity index is 1.88. The summed E-state index contributed by atoms with van der Waals surface area (Å²) in [6.45, 7) is 11.2. The van der Waals surface area contributed by atoms with Gasteiger partial charge in [-0.05, 0) is 43.2 Å². The van der Waals surface area contributed by atoms with Crippen LogP contribution in [-0.2, 0) is 12.8 Å². The van der Waals surface area contributed by atoms with Gasteiger partial charge in [0.05, 0.1) is 0 Å². The maximum atomic E-state index is 5.39. The number of nitrogens with one attached hydrogen (secondary N) is 1. The van der Waals surface area contributed by atoms with Crippen LogP contribution in [-0.4, -0.2) is 23.2 Å². The van der Waals surface area contributed by atoms with Crippen molar-refractivity contribution in [2.45, 2.75) is 53.4 Å². The molecule has 1 saturated heterocycles. The molecule has 0 aliphatic carbocycles. The maximum Gasteiger partial charge on any atom is 0.226 e. The quantitative estimate of drug-likeness (QED) is 0.909. The van der Waals surface area contributed by atoms with E-state index in [4.69, 9.17) is 4.52 Å². The van der Waals surface area contributed by atoms with Crippen LogP contribution in [0.2, 0.25) is 0 Å². The Bertz CT molecular complexity index is 388. The minimum atomic E-state index is 0.208. The van der Waals surface area contributed by atoms with E-state index in [1.54, 1.807) is 0 Å². The lowest BCUT2D eigenvalue weighted by Crippen LogP contribution is -2.33. The Kier molecular flexibility index (Phi) is 4.61. The Morgan fingerprint density at radius 2 is 2.21 bits per heavy atom. The van der Waals surface area contributed by atoms with Crippen molar-refractivity contribution in [2.24, 2.45) is 17.3 Å². The lowest BCUT2D eigenvalue weighted by molar-refractivity contribution is 0.256. The Hall–Kier alpha value is -0.900. The summed E-state index contributed by atoms with van der Waals surface area (Å²) in [7, 11) is 0. The van der Waals surface area contributed by atoms with Crippen molar-refractivity contribution in [1.29, 1.82) is 0 Å². The van der Waals surface area contributed by atoms with Gasteiger partial charge in [-0.1, -0.05) is 32.9 Å². The van der Waals surface area contributed by atoms with Gasteiger partial charge < -0.3 is 9.84 Å². The predicted octanol–water partition coefficient (Wildman–Crippen LogP) is 2.84. The van der Waals surface area contributed by atoms with E-state index < -0.39 is 0 Å². The number of hydrogen-bond acceptors (Lipinski definition) is 4. The molecule has 1 aromatic rings. The van der Waals surface area contributed by atoms with Gasteiger partial charge in [0.25, 0.3) is 0 Å². The van der Waals surface area contributed by atoms with E-state index in [0.717, 1.165) is 37.0 Å². The monoisotopic (exact) mass is 265 g/mol. The molecule has 1 N–H and O–H groups in total. The summed E-state index contributed by atoms with van der Waals surface area (Å²) in [6.07, 6.45) is 4.38. The fourth-order valence-corrected chi connectivity index (χ4v) is 2.73. The van der Waals surface area contributed by atoms with Gasteiger partial charge >= 0.3 is 0 Å². The van der Waals surface area contributed by atoms with Crippen LogP contribution in [0, 0.1) is 17.3 Å². The van der Waals surface area contributed by atoms with E-state index in [0.29, 0.717) is 5.92 Å². The first kappa shape index (κ1) is 14.5. The van der Waals surface area contributed by atoms with Gasteiger partial charge in [-0.3, -0.25) is 0 Å². The first-order valence-corrected chi connectivity index (χ1v) is 7.46. The van der Waals surface area contributed by atoms with Crippen molar-refractivity contribution in [3.8, 4) is 0 Å². The van der Waals surface area contributed by atoms with E-state index in [1.807, 2.05) is 0 Å². The molecule has 0 spiro atoms. The normalized spacial score (nSPS) is 22.4. The Morgan fingerprint density at radius 1 is 1.42 bits per heavy atom. The molecule has 4 heteroatoms. The minimum Gasteiger partial charge on any atom is -0.339 e. The zero-order valence-corrected chi connectivity index (χ0v) is 12.7. The lowest BCUT2D eigenvalue weighted by atomic mass is 9.85. The van der Waals surface area contributed by atoms with Crippen LogP contribution in [0.15, 0.2) is 4.52 Å². The summed E-state index contributed by atoms with van der Waals surface area (Å²) >= 11 is 0. The van der Waals surface area contributed by atoms with Gasteiger partial charge in [0, 0.05) is 12.8 Å². The van der Waals surface area contributed by atoms with Crippen LogP contribution in [0.3, 0.4) is 0 Å². The van der Waals surface area contributed by atoms with Crippen molar-refractivity contribution in [3.63, 3.8) is 0 Å². The molecule has 0 bridgehead atoms. The van der Waals surface area contributed by atoms with Gasteiger partial charge in [-0.15, -0.1) is 0 Å². The first-order chi connectivity index (χ1) is 8.94. The van der Waals surface area contributed by atoms with Crippen molar-refractivity contribution < 1.29 is 4.52 Å². The van der Waals surface area contributed by atoms with E-state index in [-0.39, 0.29) is 5.41 Å². The largest absolute Gasteiger partial charge is 0.339 e. The zero-order chi connectivity index (χ0) is 13.9. The number of nitrogens with zero attached hydrogens (tertiary/aromatic N) is 2. The topological polar surface area (TPSA) is 51.0 Å². The third-order valence-electron chi connectivity index (χ3n) is 3.83. The molecule has 2 heterocycles. The molecular formula is C15H27N3O. The summed E-state index contributed by atoms with van der Waals surface area (Å²) in [5.74, 6) is 3.00. The van der Waals surface area contributed by atoms with Crippen molar-refractivity contribution in [3.05, 3.63) is 11.7 Å². The first-order valence-electron chi connectivity index (χ1n) is 7.46. The summed E-state index contributed by atoms with van der Waals surface area (Å²) in [5.41, 5.74) is 0.208. The van der Waals surface area contributed by atoms with E-state index in [9.17, 15) is 0 Å². The van der Waals surface area contributed by atoms with Gasteiger partial charge in [0.1, 0.15) is 0 Å². The molecule has 2 rings (SSSR count). The highest BCUT2D eigenvalue weighted by atomic mass is 16.5. The van der Waals surface area contributed by atoms with Gasteiger partial charge in [0.15, 0.2) is 5.82 Å². The van der Waals surface area contributed by atoms with Crippen LogP contribution in [0.1, 0.15) is 52.3 Å². The molecule has 2 atom stereocenters. The third-order valence-corrected chi connectivity index (χ3v) is 3.83. The second-order valence-corrected chi connectivity index (χ2v) is 7.13. The molecule has 1 fully saturated rings. The van der Waals surface area contributed by atoms with Gasteiger partial charge in [0.2, 0.25) is 5.89 Å². The molecule has 0 saturated carbocycles. The van der Waals surface area contributed by atoms with Crippen molar-refractivity contribution in [1.82, 2.24) is 15.5 Å². The smallest absolute Gasteiger partial charge is 0.226 e. The van der Waals surface area contributed by atoms with Gasteiger partial charge in [-0.2, -0.15) is 4.98 Å². The standard InChI is InChI=1S/C15H27N3O/c1-11(12-6-5-7-16-10-12)8-14-17-13(18-19-14)9-15(2,3)4/h11-12,16H,5-10H2,1-4H3. The summed E-state index contributed by atoms with van der Waals surface area (Å²) < 4.78 is 5.39. The van der Waals surface area contributed by atoms with Crippen molar-refractivity contribution in [2.75, 3.05) is 13.1 Å². The third kappa shape index (κ3) is 4.60. The second-order valence-electron chi connectivity index (χ2n) is 7.13. The molecule has 0 aromatic carbocycles. The van der Waals surface area contributed by atoms with Crippen molar-refractivity contribution >= 4 is 0 Å². The molecule has 4 nitrogen and oxygen atoms in total. The highest BCUT2D eigenvalue weighted by molar-refractivity contribution is 4.92. The Morgan fingerprint density at radius 3 is 2.84 bits per heavy atom. The molecule has 0 radical (unpaired) electrons. The van der Waals surface area contributed by atoms with Crippen LogP contribution in [0.4, 0.5) is 0 Å². The molecule has 1 aliphatic rings. The second kappa shape index (κ2) is 6.04. The number of piperidine rings is 1. The summed E-state index contributed by atoms with van der Waals surface area (Å²) in [4.78, 5) is 4.53. The van der Waals surface area contributed by atoms with Crippen LogP contribution < -0.4 is 5.32 Å². The zero-order valence-electron chi connectivity index (χ0n) is 12.7. The fraction of sp³-hybridized carbons (Fsp3) is 0.867. The van der Waals surface area contributed by atoms with Crippen LogP contribution in [0.5, 0.6) is 0 Å². The highest BCUT2D eigenvalue weighted by Crippen LogP contribution is 2.24. The molecule has 108 valence electrons. The Labute approximate surface area is 116 Å². The lowest BCUT2D eigenvalue weighted by Gasteiger charge is -2.27. The van der Waals surface area contributed by atoms with Gasteiger partial charge in [-0.25, -0.2) is 0 Å². The number of rotatable bonds is 4. The molecule has 2 unspecified atom stereocenters. The summed E-state index contributed by atoms with van der Waals surface area (Å²) in [5, 5.41) is 7.57. The predicted molar refractivity (Wildman–Crippen MR) is 75.9 cm³/mol. The molecule has 19 heavy (non-hydrogen) atoms. The van der Waals surface area contributed by atoms with Crippen LogP contribution >= 0.6 is 0 Å². The van der Waals surface area contributed by atoms with Crippen LogP contribution in [0.25, 0.3) is 0 Å². The molecular weight excluding hydrogens is 238 g/mol.